The van der Waals surface area contributed by atoms with Crippen LogP contribution in [0.4, 0.5) is 27.8 Å². The Hall–Kier alpha value is -3.21. The summed E-state index contributed by atoms with van der Waals surface area (Å²) >= 11 is 0. The average molecular weight is 469 g/mol. The number of alkyl halides is 3. The normalized spacial score (nSPS) is 25.5. The molecular formula is C22H20F5N3O3. The molecule has 0 aliphatic carbocycles. The fourth-order valence-corrected chi connectivity index (χ4v) is 4.40. The van der Waals surface area contributed by atoms with Crippen LogP contribution in [-0.2, 0) is 4.74 Å². The molecule has 1 fully saturated rings. The van der Waals surface area contributed by atoms with Crippen LogP contribution in [0.25, 0.3) is 11.0 Å². The summed E-state index contributed by atoms with van der Waals surface area (Å²) in [5, 5.41) is 0. The zero-order valence-corrected chi connectivity index (χ0v) is 17.8. The zero-order valence-electron chi connectivity index (χ0n) is 17.8. The van der Waals surface area contributed by atoms with Crippen LogP contribution < -0.4 is 15.9 Å². The lowest BCUT2D eigenvalue weighted by molar-refractivity contribution is -0.275. The first kappa shape index (κ1) is 23.0. The number of nitrogens with zero attached hydrogens (tertiary/aromatic N) is 1. The Labute approximate surface area is 184 Å². The van der Waals surface area contributed by atoms with Crippen LogP contribution in [-0.4, -0.2) is 28.9 Å². The SMILES string of the molecule is COc1c([C@H]2[C@H](c3cc(=O)c4nc(N)ccc4[nH]3)O[C@@](C)(C(F)(F)F)[C@H]2C)ccc(F)c1F. The maximum atomic E-state index is 14.5. The van der Waals surface area contributed by atoms with Gasteiger partial charge in [-0.2, -0.15) is 17.6 Å². The first-order valence-electron chi connectivity index (χ1n) is 9.95. The standard InChI is InChI=1S/C22H20F5N3O3/c1-9-16(10-4-5-11(23)17(24)19(10)32-3)20(33-21(9,2)22(25,26)27)13-8-14(31)18-12(29-13)6-7-15(28)30-18/h4-9,16,20H,1-3H3,(H2,28,30)(H,29,31)/t9-,16-,20-,21+/m0/s1. The minimum atomic E-state index is -4.79. The topological polar surface area (TPSA) is 90.2 Å². The second-order valence-corrected chi connectivity index (χ2v) is 8.16. The molecule has 6 nitrogen and oxygen atoms in total. The molecule has 3 heterocycles. The summed E-state index contributed by atoms with van der Waals surface area (Å²) in [5.41, 5.74) is 2.63. The van der Waals surface area contributed by atoms with E-state index < -0.39 is 52.5 Å². The monoisotopic (exact) mass is 469 g/mol. The van der Waals surface area contributed by atoms with E-state index in [-0.39, 0.29) is 28.1 Å². The Morgan fingerprint density at radius 1 is 1.21 bits per heavy atom. The summed E-state index contributed by atoms with van der Waals surface area (Å²) in [5.74, 6) is -5.36. The Bertz CT molecular complexity index is 1290. The van der Waals surface area contributed by atoms with Crippen molar-refractivity contribution >= 4 is 16.9 Å². The molecular weight excluding hydrogens is 449 g/mol. The minimum absolute atomic E-state index is 0.00494. The third-order valence-corrected chi connectivity index (χ3v) is 6.33. The van der Waals surface area contributed by atoms with Crippen molar-refractivity contribution < 1.29 is 31.4 Å². The number of aromatic nitrogens is 2. The van der Waals surface area contributed by atoms with Gasteiger partial charge in [-0.05, 0) is 25.1 Å². The van der Waals surface area contributed by atoms with E-state index in [0.29, 0.717) is 0 Å². The molecule has 0 bridgehead atoms. The molecule has 3 N–H and O–H groups in total. The number of pyridine rings is 2. The number of fused-ring (bicyclic) bond motifs is 1. The number of H-pyrrole nitrogens is 1. The maximum Gasteiger partial charge on any atom is 0.417 e. The fourth-order valence-electron chi connectivity index (χ4n) is 4.40. The van der Waals surface area contributed by atoms with Crippen molar-refractivity contribution in [3.63, 3.8) is 0 Å². The summed E-state index contributed by atoms with van der Waals surface area (Å²) in [6, 6.07) is 5.95. The Kier molecular flexibility index (Phi) is 5.35. The molecule has 4 rings (SSSR count). The van der Waals surface area contributed by atoms with E-state index >= 15 is 0 Å². The Morgan fingerprint density at radius 2 is 1.91 bits per heavy atom. The van der Waals surface area contributed by atoms with Gasteiger partial charge >= 0.3 is 6.18 Å². The van der Waals surface area contributed by atoms with Gasteiger partial charge in [0.1, 0.15) is 17.4 Å². The highest BCUT2D eigenvalue weighted by molar-refractivity contribution is 5.75. The average Bonchev–Trinajstić information content (AvgIpc) is 3.02. The number of hydrogen-bond acceptors (Lipinski definition) is 5. The lowest BCUT2D eigenvalue weighted by atomic mass is 9.76. The molecule has 0 radical (unpaired) electrons. The number of aromatic amines is 1. The van der Waals surface area contributed by atoms with Crippen LogP contribution in [0.3, 0.4) is 0 Å². The van der Waals surface area contributed by atoms with Gasteiger partial charge in [0.05, 0.1) is 12.6 Å². The first-order chi connectivity index (χ1) is 15.4. The molecule has 11 heteroatoms. The van der Waals surface area contributed by atoms with Crippen LogP contribution in [0.15, 0.2) is 35.1 Å². The molecule has 176 valence electrons. The third-order valence-electron chi connectivity index (χ3n) is 6.33. The van der Waals surface area contributed by atoms with Gasteiger partial charge in [0.15, 0.2) is 17.2 Å². The number of ether oxygens (including phenoxy) is 2. The van der Waals surface area contributed by atoms with E-state index in [9.17, 15) is 26.7 Å². The van der Waals surface area contributed by atoms with Gasteiger partial charge in [0.25, 0.3) is 0 Å². The molecule has 3 aromatic rings. The Morgan fingerprint density at radius 3 is 2.55 bits per heavy atom. The van der Waals surface area contributed by atoms with Crippen molar-refractivity contribution in [2.75, 3.05) is 12.8 Å². The number of hydrogen-bond donors (Lipinski definition) is 2. The minimum Gasteiger partial charge on any atom is -0.493 e. The number of methoxy groups -OCH3 is 1. The van der Waals surface area contributed by atoms with E-state index in [1.54, 1.807) is 0 Å². The molecule has 1 aliphatic heterocycles. The molecule has 0 spiro atoms. The largest absolute Gasteiger partial charge is 0.493 e. The van der Waals surface area contributed by atoms with E-state index in [1.165, 1.54) is 19.1 Å². The first-order valence-corrected chi connectivity index (χ1v) is 9.95. The quantitative estimate of drug-likeness (QED) is 0.547. The number of nitrogens with one attached hydrogen (secondary N) is 1. The van der Waals surface area contributed by atoms with Gasteiger partial charge in [-0.25, -0.2) is 9.37 Å². The maximum absolute atomic E-state index is 14.5. The number of rotatable bonds is 3. The second-order valence-electron chi connectivity index (χ2n) is 8.16. The zero-order chi connectivity index (χ0) is 24.3. The molecule has 0 unspecified atom stereocenters. The van der Waals surface area contributed by atoms with E-state index in [1.807, 2.05) is 0 Å². The highest BCUT2D eigenvalue weighted by Crippen LogP contribution is 2.59. The molecule has 1 aliphatic rings. The van der Waals surface area contributed by atoms with E-state index in [0.717, 1.165) is 32.2 Å². The molecule has 0 saturated carbocycles. The fraction of sp³-hybridized carbons (Fsp3) is 0.364. The molecule has 1 aromatic carbocycles. The van der Waals surface area contributed by atoms with Crippen LogP contribution in [0.1, 0.15) is 37.1 Å². The van der Waals surface area contributed by atoms with Crippen LogP contribution >= 0.6 is 0 Å². The van der Waals surface area contributed by atoms with E-state index in [2.05, 4.69) is 9.97 Å². The van der Waals surface area contributed by atoms with Crippen LogP contribution in [0.5, 0.6) is 5.75 Å². The Balaban J connectivity index is 1.96. The summed E-state index contributed by atoms with van der Waals surface area (Å²) in [7, 11) is 1.09. The van der Waals surface area contributed by atoms with Crippen molar-refractivity contribution in [1.82, 2.24) is 9.97 Å². The van der Waals surface area contributed by atoms with Crippen molar-refractivity contribution in [3.05, 3.63) is 63.4 Å². The molecule has 33 heavy (non-hydrogen) atoms. The third kappa shape index (κ3) is 3.50. The van der Waals surface area contributed by atoms with Crippen LogP contribution in [0, 0.1) is 17.6 Å². The van der Waals surface area contributed by atoms with Gasteiger partial charge in [-0.15, -0.1) is 0 Å². The van der Waals surface area contributed by atoms with Gasteiger partial charge in [-0.3, -0.25) is 4.79 Å². The van der Waals surface area contributed by atoms with Gasteiger partial charge in [0.2, 0.25) is 11.2 Å². The van der Waals surface area contributed by atoms with E-state index in [4.69, 9.17) is 15.2 Å². The van der Waals surface area contributed by atoms with Crippen molar-refractivity contribution in [1.29, 1.82) is 0 Å². The van der Waals surface area contributed by atoms with Crippen molar-refractivity contribution in [3.8, 4) is 5.75 Å². The molecule has 4 atom stereocenters. The molecule has 2 aromatic heterocycles. The van der Waals surface area contributed by atoms with Crippen molar-refractivity contribution in [2.45, 2.75) is 37.6 Å². The summed E-state index contributed by atoms with van der Waals surface area (Å²) in [4.78, 5) is 19.5. The van der Waals surface area contributed by atoms with Gasteiger partial charge < -0.3 is 20.2 Å². The summed E-state index contributed by atoms with van der Waals surface area (Å²) in [6.45, 7) is 2.19. The van der Waals surface area contributed by atoms with Crippen molar-refractivity contribution in [2.24, 2.45) is 5.92 Å². The van der Waals surface area contributed by atoms with Gasteiger partial charge in [0, 0.05) is 29.2 Å². The van der Waals surface area contributed by atoms with Gasteiger partial charge in [-0.1, -0.05) is 13.0 Å². The number of nitrogen functional groups attached to an aromatic ring is 1. The number of benzene rings is 1. The number of anilines is 1. The second kappa shape index (κ2) is 7.68. The number of halogens is 5. The summed E-state index contributed by atoms with van der Waals surface area (Å²) in [6.07, 6.45) is -6.15. The predicted molar refractivity (Wildman–Crippen MR) is 110 cm³/mol. The predicted octanol–water partition coefficient (Wildman–Crippen LogP) is 4.60. The highest BCUT2D eigenvalue weighted by Gasteiger charge is 2.65. The number of nitrogens with two attached hydrogens (primary N) is 1. The lowest BCUT2D eigenvalue weighted by Gasteiger charge is -2.32. The smallest absolute Gasteiger partial charge is 0.417 e. The summed E-state index contributed by atoms with van der Waals surface area (Å²) < 4.78 is 81.1. The highest BCUT2D eigenvalue weighted by atomic mass is 19.4. The molecule has 1 saturated heterocycles. The lowest BCUT2D eigenvalue weighted by Crippen LogP contribution is -2.46. The van der Waals surface area contributed by atoms with Crippen LogP contribution in [0.2, 0.25) is 0 Å². The molecule has 0 amide bonds.